The van der Waals surface area contributed by atoms with Gasteiger partial charge >= 0.3 is 0 Å². The fraction of sp³-hybridized carbons (Fsp3) is 0.167. The molecule has 0 fully saturated rings. The Kier molecular flexibility index (Phi) is 6.71. The van der Waals surface area contributed by atoms with Crippen LogP contribution < -0.4 is 4.90 Å². The molecule has 1 aliphatic carbocycles. The van der Waals surface area contributed by atoms with Crippen molar-refractivity contribution in [3.8, 4) is 11.1 Å². The summed E-state index contributed by atoms with van der Waals surface area (Å²) in [4.78, 5) is 2.50. The molecule has 0 aliphatic heterocycles. The van der Waals surface area contributed by atoms with Crippen LogP contribution in [-0.2, 0) is 10.8 Å². The van der Waals surface area contributed by atoms with Gasteiger partial charge in [0.2, 0.25) is 0 Å². The minimum Gasteiger partial charge on any atom is -0.309 e. The third-order valence-electron chi connectivity index (χ3n) is 11.2. The van der Waals surface area contributed by atoms with Crippen LogP contribution in [0.25, 0.3) is 54.2 Å². The zero-order valence-electron chi connectivity index (χ0n) is 28.8. The molecule has 8 aromatic carbocycles. The first-order chi connectivity index (χ1) is 23.8. The highest BCUT2D eigenvalue weighted by Crippen LogP contribution is 2.53. The molecule has 0 spiro atoms. The topological polar surface area (TPSA) is 3.24 Å². The Labute approximate surface area is 289 Å². The van der Waals surface area contributed by atoms with Gasteiger partial charge in [0.15, 0.2) is 0 Å². The van der Waals surface area contributed by atoms with Gasteiger partial charge in [0, 0.05) is 22.1 Å². The third-order valence-corrected chi connectivity index (χ3v) is 11.2. The van der Waals surface area contributed by atoms with Crippen LogP contribution in [0.3, 0.4) is 0 Å². The molecule has 0 atom stereocenters. The van der Waals surface area contributed by atoms with Gasteiger partial charge in [-0.25, -0.2) is 0 Å². The van der Waals surface area contributed by atoms with Crippen molar-refractivity contribution < 1.29 is 0 Å². The van der Waals surface area contributed by atoms with Crippen LogP contribution in [0.2, 0.25) is 0 Å². The number of hydrogen-bond donors (Lipinski definition) is 0. The van der Waals surface area contributed by atoms with Crippen LogP contribution in [0.1, 0.15) is 51.7 Å². The van der Waals surface area contributed by atoms with Crippen molar-refractivity contribution in [1.29, 1.82) is 0 Å². The molecule has 0 radical (unpaired) electrons. The molecule has 1 nitrogen and oxygen atoms in total. The molecule has 0 amide bonds. The number of rotatable bonds is 4. The Hall–Kier alpha value is -5.40. The highest BCUT2D eigenvalue weighted by molar-refractivity contribution is 6.23. The van der Waals surface area contributed by atoms with E-state index >= 15 is 0 Å². The van der Waals surface area contributed by atoms with Crippen molar-refractivity contribution in [3.05, 3.63) is 163 Å². The van der Waals surface area contributed by atoms with Crippen LogP contribution in [0.5, 0.6) is 0 Å². The quantitative estimate of drug-likeness (QED) is 0.175. The lowest BCUT2D eigenvalue weighted by molar-refractivity contribution is 0.333. The van der Waals surface area contributed by atoms with Crippen molar-refractivity contribution in [3.63, 3.8) is 0 Å². The van der Waals surface area contributed by atoms with E-state index in [1.54, 1.807) is 0 Å². The van der Waals surface area contributed by atoms with Crippen molar-refractivity contribution in [2.24, 2.45) is 0 Å². The third kappa shape index (κ3) is 4.75. The normalized spacial score (nSPS) is 15.1. The molecule has 0 heterocycles. The summed E-state index contributed by atoms with van der Waals surface area (Å²) in [6, 6.07) is 56.4. The highest BCUT2D eigenvalue weighted by Gasteiger charge is 2.39. The van der Waals surface area contributed by atoms with Gasteiger partial charge in [-0.15, -0.1) is 0 Å². The summed E-state index contributed by atoms with van der Waals surface area (Å²) >= 11 is 0. The monoisotopic (exact) mass is 631 g/mol. The minimum atomic E-state index is 0.0740. The van der Waals surface area contributed by atoms with Crippen molar-refractivity contribution in [2.75, 3.05) is 4.90 Å². The van der Waals surface area contributed by atoms with Crippen molar-refractivity contribution >= 4 is 60.2 Å². The zero-order valence-corrected chi connectivity index (χ0v) is 28.8. The van der Waals surface area contributed by atoms with Crippen LogP contribution in [0.15, 0.2) is 152 Å². The molecule has 0 unspecified atom stereocenters. The van der Waals surface area contributed by atoms with Gasteiger partial charge in [0.25, 0.3) is 0 Å². The summed E-state index contributed by atoms with van der Waals surface area (Å²) in [7, 11) is 0. The minimum absolute atomic E-state index is 0.0740. The van der Waals surface area contributed by atoms with E-state index in [9.17, 15) is 0 Å². The van der Waals surface area contributed by atoms with Gasteiger partial charge in [-0.3, -0.25) is 0 Å². The lowest BCUT2D eigenvalue weighted by Gasteiger charge is -2.43. The second-order valence-corrected chi connectivity index (χ2v) is 15.2. The fourth-order valence-corrected chi connectivity index (χ4v) is 8.61. The predicted octanol–water partition coefficient (Wildman–Crippen LogP) is 13.8. The highest BCUT2D eigenvalue weighted by atomic mass is 15.1. The molecule has 0 saturated carbocycles. The Morgan fingerprint density at radius 1 is 0.429 bits per heavy atom. The summed E-state index contributed by atoms with van der Waals surface area (Å²) in [6.45, 7) is 9.75. The van der Waals surface area contributed by atoms with Crippen LogP contribution >= 0.6 is 0 Å². The maximum atomic E-state index is 2.50. The number of nitrogens with zero attached hydrogens (tertiary/aromatic N) is 1. The van der Waals surface area contributed by atoms with E-state index < -0.39 is 0 Å². The molecule has 0 saturated heterocycles. The predicted molar refractivity (Wildman–Crippen MR) is 212 cm³/mol. The van der Waals surface area contributed by atoms with Crippen LogP contribution in [-0.4, -0.2) is 0 Å². The number of anilines is 3. The maximum Gasteiger partial charge on any atom is 0.0618 e. The molecular weight excluding hydrogens is 591 g/mol. The second-order valence-electron chi connectivity index (χ2n) is 15.2. The summed E-state index contributed by atoms with van der Waals surface area (Å²) in [6.07, 6.45) is 2.37. The summed E-state index contributed by atoms with van der Waals surface area (Å²) in [5, 5.41) is 10.0. The Morgan fingerprint density at radius 3 is 1.45 bits per heavy atom. The first-order valence-electron chi connectivity index (χ1n) is 17.7. The van der Waals surface area contributed by atoms with Gasteiger partial charge in [-0.1, -0.05) is 155 Å². The van der Waals surface area contributed by atoms with E-state index in [1.807, 2.05) is 0 Å². The molecule has 8 aromatic rings. The maximum absolute atomic E-state index is 2.50. The SMILES string of the molecule is CC1(C)CCC(C)(C)c2c(-c3c4ccccc4c(N(c4ccc5ccccc5c4)c4ccc5ccccc5c4)c4ccccc34)cccc21. The molecule has 49 heavy (non-hydrogen) atoms. The Morgan fingerprint density at radius 2 is 0.898 bits per heavy atom. The van der Waals surface area contributed by atoms with Gasteiger partial charge in [0.1, 0.15) is 0 Å². The molecule has 9 rings (SSSR count). The smallest absolute Gasteiger partial charge is 0.0618 e. The molecular formula is C48H41N. The molecule has 0 aromatic heterocycles. The number of fused-ring (bicyclic) bond motifs is 5. The van der Waals surface area contributed by atoms with E-state index in [0.717, 1.165) is 11.4 Å². The first-order valence-corrected chi connectivity index (χ1v) is 17.7. The average molecular weight is 632 g/mol. The fourth-order valence-electron chi connectivity index (χ4n) is 8.61. The largest absolute Gasteiger partial charge is 0.309 e. The Balaban J connectivity index is 1.41. The molecule has 238 valence electrons. The standard InChI is InChI=1S/C48H41N/c1-47(2)28-29-48(3,4)45-42(22-13-23-43(45)47)44-38-18-9-11-20-40(38)46(41-21-12-10-19-39(41)44)49(36-26-24-32-14-5-7-16-34(32)30-36)37-27-25-33-15-6-8-17-35(33)31-37/h5-27,30-31H,28-29H2,1-4H3. The molecule has 1 aliphatic rings. The van der Waals surface area contributed by atoms with E-state index in [4.69, 9.17) is 0 Å². The van der Waals surface area contributed by atoms with Crippen molar-refractivity contribution in [1.82, 2.24) is 0 Å². The number of hydrogen-bond acceptors (Lipinski definition) is 1. The molecule has 1 heteroatoms. The van der Waals surface area contributed by atoms with Gasteiger partial charge in [-0.2, -0.15) is 0 Å². The lowest BCUT2D eigenvalue weighted by atomic mass is 9.61. The molecule has 0 bridgehead atoms. The Bertz CT molecular complexity index is 2430. The van der Waals surface area contributed by atoms with Crippen molar-refractivity contribution in [2.45, 2.75) is 51.4 Å². The summed E-state index contributed by atoms with van der Waals surface area (Å²) < 4.78 is 0. The second kappa shape index (κ2) is 11.1. The van der Waals surface area contributed by atoms with Gasteiger partial charge in [0.05, 0.1) is 5.69 Å². The van der Waals surface area contributed by atoms with Crippen LogP contribution in [0, 0.1) is 0 Å². The van der Waals surface area contributed by atoms with E-state index in [1.165, 1.54) is 83.9 Å². The lowest BCUT2D eigenvalue weighted by Crippen LogP contribution is -2.34. The zero-order chi connectivity index (χ0) is 33.3. The molecule has 0 N–H and O–H groups in total. The first kappa shape index (κ1) is 29.7. The van der Waals surface area contributed by atoms with Crippen LogP contribution in [0.4, 0.5) is 17.1 Å². The van der Waals surface area contributed by atoms with E-state index in [0.29, 0.717) is 0 Å². The van der Waals surface area contributed by atoms with E-state index in [-0.39, 0.29) is 10.8 Å². The summed E-state index contributed by atoms with van der Waals surface area (Å²) in [5.74, 6) is 0. The number of benzene rings is 8. The van der Waals surface area contributed by atoms with Gasteiger partial charge in [-0.05, 0) is 103 Å². The van der Waals surface area contributed by atoms with Gasteiger partial charge < -0.3 is 4.90 Å². The van der Waals surface area contributed by atoms with E-state index in [2.05, 4.69) is 184 Å². The summed E-state index contributed by atoms with van der Waals surface area (Å²) in [5.41, 5.74) is 9.44. The average Bonchev–Trinajstić information content (AvgIpc) is 3.13.